The number of aryl methyl sites for hydroxylation is 1. The maximum absolute atomic E-state index is 9.97. The van der Waals surface area contributed by atoms with E-state index in [4.69, 9.17) is 0 Å². The molecule has 4 heteroatoms. The van der Waals surface area contributed by atoms with Gasteiger partial charge in [0.2, 0.25) is 6.54 Å². The van der Waals surface area contributed by atoms with Gasteiger partial charge in [-0.1, -0.05) is 13.8 Å². The molecular weight excluding hydrogens is 156 g/mol. The second-order valence-corrected chi connectivity index (χ2v) is 2.18. The molecule has 1 aromatic rings. The normalized spacial score (nSPS) is 8.58. The van der Waals surface area contributed by atoms with Crippen molar-refractivity contribution in [3.63, 3.8) is 0 Å². The average Bonchev–Trinajstić information content (AvgIpc) is 2.39. The van der Waals surface area contributed by atoms with Gasteiger partial charge in [-0.2, -0.15) is 0 Å². The van der Waals surface area contributed by atoms with Gasteiger partial charge < -0.3 is 4.57 Å². The Bertz CT molecular complexity index is 243. The molecule has 0 aliphatic rings. The summed E-state index contributed by atoms with van der Waals surface area (Å²) >= 11 is 0. The molecule has 0 spiro atoms. The van der Waals surface area contributed by atoms with Crippen LogP contribution in [0.15, 0.2) is 18.5 Å². The van der Waals surface area contributed by atoms with E-state index in [1.807, 2.05) is 20.9 Å². The lowest BCUT2D eigenvalue weighted by molar-refractivity contribution is -0.496. The zero-order valence-electron chi connectivity index (χ0n) is 7.65. The quantitative estimate of drug-likeness (QED) is 0.502. The SMILES string of the molecule is CC.Cn1ccc(C[N+](=O)[O-])c1. The maximum atomic E-state index is 9.97. The highest BCUT2D eigenvalue weighted by molar-refractivity contribution is 5.07. The van der Waals surface area contributed by atoms with Gasteiger partial charge in [-0.25, -0.2) is 0 Å². The molecule has 68 valence electrons. The van der Waals surface area contributed by atoms with E-state index in [1.54, 1.807) is 23.0 Å². The molecule has 0 bridgehead atoms. The number of hydrogen-bond acceptors (Lipinski definition) is 2. The number of rotatable bonds is 2. The summed E-state index contributed by atoms with van der Waals surface area (Å²) in [5, 5.41) is 9.97. The fourth-order valence-electron chi connectivity index (χ4n) is 0.804. The van der Waals surface area contributed by atoms with Gasteiger partial charge in [0.1, 0.15) is 0 Å². The minimum Gasteiger partial charge on any atom is -0.357 e. The Balaban J connectivity index is 0.000000561. The third-order valence-electron chi connectivity index (χ3n) is 1.20. The Morgan fingerprint density at radius 2 is 2.17 bits per heavy atom. The number of nitro groups is 1. The first-order valence-corrected chi connectivity index (χ1v) is 3.91. The molecule has 0 aromatic carbocycles. The molecule has 4 nitrogen and oxygen atoms in total. The molecule has 0 unspecified atom stereocenters. The highest BCUT2D eigenvalue weighted by Crippen LogP contribution is 1.99. The van der Waals surface area contributed by atoms with Crippen LogP contribution in [0, 0.1) is 10.1 Å². The van der Waals surface area contributed by atoms with Crippen LogP contribution in [0.25, 0.3) is 0 Å². The van der Waals surface area contributed by atoms with Crippen molar-refractivity contribution in [1.29, 1.82) is 0 Å². The minimum absolute atomic E-state index is 0.0825. The predicted molar refractivity (Wildman–Crippen MR) is 47.5 cm³/mol. The zero-order chi connectivity index (χ0) is 9.56. The predicted octanol–water partition coefficient (Wildman–Crippen LogP) is 1.83. The standard InChI is InChI=1S/C6H8N2O2.C2H6/c1-7-3-2-6(4-7)5-8(9)10;1-2/h2-4H,5H2,1H3;1-2H3. The van der Waals surface area contributed by atoms with Crippen molar-refractivity contribution < 1.29 is 4.92 Å². The van der Waals surface area contributed by atoms with Crippen molar-refractivity contribution in [2.75, 3.05) is 0 Å². The molecule has 12 heavy (non-hydrogen) atoms. The second kappa shape index (κ2) is 5.35. The summed E-state index contributed by atoms with van der Waals surface area (Å²) in [6.07, 6.45) is 3.53. The fraction of sp³-hybridized carbons (Fsp3) is 0.500. The van der Waals surface area contributed by atoms with Gasteiger partial charge in [0.15, 0.2) is 0 Å². The van der Waals surface area contributed by atoms with E-state index in [2.05, 4.69) is 0 Å². The molecule has 0 amide bonds. The average molecular weight is 170 g/mol. The van der Waals surface area contributed by atoms with Crippen molar-refractivity contribution >= 4 is 0 Å². The van der Waals surface area contributed by atoms with E-state index in [-0.39, 0.29) is 11.5 Å². The molecule has 0 saturated carbocycles. The van der Waals surface area contributed by atoms with Crippen LogP contribution in [0.1, 0.15) is 19.4 Å². The van der Waals surface area contributed by atoms with Crippen molar-refractivity contribution in [1.82, 2.24) is 4.57 Å². The van der Waals surface area contributed by atoms with Crippen LogP contribution in [-0.4, -0.2) is 9.49 Å². The summed E-state index contributed by atoms with van der Waals surface area (Å²) in [7, 11) is 1.84. The summed E-state index contributed by atoms with van der Waals surface area (Å²) in [6.45, 7) is 3.92. The Labute approximate surface area is 72.0 Å². The van der Waals surface area contributed by atoms with E-state index in [0.717, 1.165) is 5.56 Å². The molecule has 1 aromatic heterocycles. The molecule has 0 aliphatic carbocycles. The van der Waals surface area contributed by atoms with Gasteiger partial charge >= 0.3 is 0 Å². The molecular formula is C8H14N2O2. The van der Waals surface area contributed by atoms with E-state index in [1.165, 1.54) is 0 Å². The smallest absolute Gasteiger partial charge is 0.230 e. The largest absolute Gasteiger partial charge is 0.357 e. The summed E-state index contributed by atoms with van der Waals surface area (Å²) < 4.78 is 1.79. The third-order valence-corrected chi connectivity index (χ3v) is 1.20. The summed E-state index contributed by atoms with van der Waals surface area (Å²) in [6, 6.07) is 1.74. The van der Waals surface area contributed by atoms with Gasteiger partial charge in [0.25, 0.3) is 0 Å². The Morgan fingerprint density at radius 1 is 1.58 bits per heavy atom. The topological polar surface area (TPSA) is 48.1 Å². The molecule has 0 radical (unpaired) electrons. The zero-order valence-corrected chi connectivity index (χ0v) is 7.65. The van der Waals surface area contributed by atoms with Crippen LogP contribution in [-0.2, 0) is 13.6 Å². The van der Waals surface area contributed by atoms with Crippen LogP contribution in [0.5, 0.6) is 0 Å². The number of hydrogen-bond donors (Lipinski definition) is 0. The maximum Gasteiger partial charge on any atom is 0.230 e. The Kier molecular flexibility index (Phi) is 4.76. The molecule has 0 N–H and O–H groups in total. The van der Waals surface area contributed by atoms with Gasteiger partial charge in [0.05, 0.1) is 0 Å². The monoisotopic (exact) mass is 170 g/mol. The molecule has 1 rings (SSSR count). The van der Waals surface area contributed by atoms with Crippen LogP contribution in [0.4, 0.5) is 0 Å². The van der Waals surface area contributed by atoms with Gasteiger partial charge in [-0.3, -0.25) is 10.1 Å². The lowest BCUT2D eigenvalue weighted by Crippen LogP contribution is -1.96. The van der Waals surface area contributed by atoms with Crippen LogP contribution >= 0.6 is 0 Å². The van der Waals surface area contributed by atoms with Gasteiger partial charge in [-0.05, 0) is 6.07 Å². The van der Waals surface area contributed by atoms with Crippen molar-refractivity contribution in [2.24, 2.45) is 7.05 Å². The van der Waals surface area contributed by atoms with Crippen LogP contribution in [0.2, 0.25) is 0 Å². The lowest BCUT2D eigenvalue weighted by Gasteiger charge is -1.86. The molecule has 0 saturated heterocycles. The Morgan fingerprint density at radius 3 is 2.50 bits per heavy atom. The van der Waals surface area contributed by atoms with E-state index >= 15 is 0 Å². The van der Waals surface area contributed by atoms with Gasteiger partial charge in [0, 0.05) is 29.9 Å². The van der Waals surface area contributed by atoms with E-state index in [0.29, 0.717) is 0 Å². The Hall–Kier alpha value is -1.32. The minimum atomic E-state index is -0.338. The van der Waals surface area contributed by atoms with Crippen LogP contribution in [0.3, 0.4) is 0 Å². The number of aromatic nitrogens is 1. The third kappa shape index (κ3) is 3.75. The highest BCUT2D eigenvalue weighted by atomic mass is 16.6. The summed E-state index contributed by atoms with van der Waals surface area (Å²) in [4.78, 5) is 9.64. The fourth-order valence-corrected chi connectivity index (χ4v) is 0.804. The molecule has 0 aliphatic heterocycles. The molecule has 1 heterocycles. The van der Waals surface area contributed by atoms with Crippen LogP contribution < -0.4 is 0 Å². The van der Waals surface area contributed by atoms with Crippen molar-refractivity contribution in [2.45, 2.75) is 20.4 Å². The lowest BCUT2D eigenvalue weighted by atomic mass is 10.3. The van der Waals surface area contributed by atoms with E-state index in [9.17, 15) is 10.1 Å². The van der Waals surface area contributed by atoms with Gasteiger partial charge in [-0.15, -0.1) is 0 Å². The molecule has 0 atom stereocenters. The summed E-state index contributed by atoms with van der Waals surface area (Å²) in [5.74, 6) is 0. The highest BCUT2D eigenvalue weighted by Gasteiger charge is 2.00. The summed E-state index contributed by atoms with van der Waals surface area (Å²) in [5.41, 5.74) is 0.743. The van der Waals surface area contributed by atoms with Crippen molar-refractivity contribution in [3.05, 3.63) is 34.1 Å². The van der Waals surface area contributed by atoms with Crippen molar-refractivity contribution in [3.8, 4) is 0 Å². The molecule has 0 fully saturated rings. The second-order valence-electron chi connectivity index (χ2n) is 2.18. The van der Waals surface area contributed by atoms with E-state index < -0.39 is 0 Å². The first-order valence-electron chi connectivity index (χ1n) is 3.91. The first kappa shape index (κ1) is 10.7. The first-order chi connectivity index (χ1) is 5.68. The number of nitrogens with zero attached hydrogens (tertiary/aromatic N) is 2.